The summed E-state index contributed by atoms with van der Waals surface area (Å²) in [6.45, 7) is 0.333. The molecule has 4 nitrogen and oxygen atoms in total. The summed E-state index contributed by atoms with van der Waals surface area (Å²) in [6, 6.07) is 0. The standard InChI is InChI=1S/C7H17NO3S.ClH/c8-4-2-1-3-6-12(10,11)7-5-9;/h9H,1-8H2;1H. The van der Waals surface area contributed by atoms with Crippen molar-refractivity contribution in [2.24, 2.45) is 5.73 Å². The van der Waals surface area contributed by atoms with Crippen molar-refractivity contribution < 1.29 is 13.5 Å². The van der Waals surface area contributed by atoms with Gasteiger partial charge in [-0.15, -0.1) is 12.4 Å². The van der Waals surface area contributed by atoms with Crippen LogP contribution >= 0.6 is 12.4 Å². The molecule has 0 saturated heterocycles. The van der Waals surface area contributed by atoms with Gasteiger partial charge in [-0.05, 0) is 19.4 Å². The molecule has 0 fully saturated rings. The minimum Gasteiger partial charge on any atom is -0.395 e. The summed E-state index contributed by atoms with van der Waals surface area (Å²) < 4.78 is 22.0. The number of hydrogen-bond acceptors (Lipinski definition) is 4. The SMILES string of the molecule is Cl.NCCCCCS(=O)(=O)CCO. The predicted octanol–water partition coefficient (Wildman–Crippen LogP) is -0.0557. The molecule has 0 amide bonds. The Hall–Kier alpha value is 0.160. The fraction of sp³-hybridized carbons (Fsp3) is 1.00. The van der Waals surface area contributed by atoms with Crippen LogP contribution in [0.2, 0.25) is 0 Å². The van der Waals surface area contributed by atoms with Gasteiger partial charge in [0, 0.05) is 0 Å². The van der Waals surface area contributed by atoms with Crippen LogP contribution in [0.5, 0.6) is 0 Å². The number of sulfone groups is 1. The summed E-state index contributed by atoms with van der Waals surface area (Å²) >= 11 is 0. The van der Waals surface area contributed by atoms with Gasteiger partial charge >= 0.3 is 0 Å². The maximum absolute atomic E-state index is 11.0. The van der Waals surface area contributed by atoms with Crippen LogP contribution < -0.4 is 5.73 Å². The summed E-state index contributed by atoms with van der Waals surface area (Å²) in [4.78, 5) is 0. The van der Waals surface area contributed by atoms with Gasteiger partial charge in [-0.25, -0.2) is 8.42 Å². The molecule has 0 aromatic carbocycles. The van der Waals surface area contributed by atoms with Crippen molar-refractivity contribution in [1.82, 2.24) is 0 Å². The van der Waals surface area contributed by atoms with Gasteiger partial charge in [-0.3, -0.25) is 0 Å². The van der Waals surface area contributed by atoms with Crippen molar-refractivity contribution in [2.45, 2.75) is 19.3 Å². The molecule has 0 atom stereocenters. The fourth-order valence-electron chi connectivity index (χ4n) is 0.884. The Kier molecular flexibility index (Phi) is 10.5. The van der Waals surface area contributed by atoms with E-state index in [9.17, 15) is 8.42 Å². The number of halogens is 1. The first-order valence-corrected chi connectivity index (χ1v) is 5.96. The minimum atomic E-state index is -3.00. The second kappa shape index (κ2) is 8.74. The zero-order valence-corrected chi connectivity index (χ0v) is 9.24. The lowest BCUT2D eigenvalue weighted by atomic mass is 10.2. The van der Waals surface area contributed by atoms with Crippen LogP contribution in [-0.4, -0.2) is 38.2 Å². The average molecular weight is 232 g/mol. The van der Waals surface area contributed by atoms with Gasteiger partial charge in [0.1, 0.15) is 0 Å². The van der Waals surface area contributed by atoms with E-state index >= 15 is 0 Å². The molecule has 0 rings (SSSR count). The van der Waals surface area contributed by atoms with E-state index in [2.05, 4.69) is 0 Å². The highest BCUT2D eigenvalue weighted by molar-refractivity contribution is 7.91. The van der Waals surface area contributed by atoms with Crippen molar-refractivity contribution in [3.63, 3.8) is 0 Å². The number of aliphatic hydroxyl groups excluding tert-OH is 1. The smallest absolute Gasteiger partial charge is 0.152 e. The summed E-state index contributed by atoms with van der Waals surface area (Å²) in [5, 5.41) is 8.41. The molecular weight excluding hydrogens is 214 g/mol. The van der Waals surface area contributed by atoms with Crippen LogP contribution in [0.15, 0.2) is 0 Å². The van der Waals surface area contributed by atoms with Crippen LogP contribution in [0.1, 0.15) is 19.3 Å². The molecule has 0 saturated carbocycles. The van der Waals surface area contributed by atoms with E-state index in [-0.39, 0.29) is 30.5 Å². The molecule has 82 valence electrons. The van der Waals surface area contributed by atoms with E-state index in [1.165, 1.54) is 0 Å². The van der Waals surface area contributed by atoms with E-state index in [0.717, 1.165) is 12.8 Å². The monoisotopic (exact) mass is 231 g/mol. The van der Waals surface area contributed by atoms with E-state index in [1.54, 1.807) is 0 Å². The van der Waals surface area contributed by atoms with E-state index in [4.69, 9.17) is 10.8 Å². The highest BCUT2D eigenvalue weighted by atomic mass is 35.5. The Morgan fingerprint density at radius 1 is 1.08 bits per heavy atom. The Labute approximate surface area is 85.8 Å². The van der Waals surface area contributed by atoms with Crippen LogP contribution in [0.4, 0.5) is 0 Å². The zero-order chi connectivity index (χ0) is 9.45. The molecule has 0 aromatic rings. The largest absolute Gasteiger partial charge is 0.395 e. The van der Waals surface area contributed by atoms with Crippen LogP contribution in [0, 0.1) is 0 Å². The van der Waals surface area contributed by atoms with Crippen LogP contribution in [-0.2, 0) is 9.84 Å². The number of rotatable bonds is 7. The Morgan fingerprint density at radius 3 is 2.15 bits per heavy atom. The third kappa shape index (κ3) is 10.1. The lowest BCUT2D eigenvalue weighted by Gasteiger charge is -2.00. The number of aliphatic hydroxyl groups is 1. The lowest BCUT2D eigenvalue weighted by molar-refractivity contribution is 0.319. The van der Waals surface area contributed by atoms with Gasteiger partial charge < -0.3 is 10.8 Å². The summed E-state index contributed by atoms with van der Waals surface area (Å²) in [7, 11) is -3.00. The second-order valence-corrected chi connectivity index (χ2v) is 5.03. The van der Waals surface area contributed by atoms with Crippen molar-refractivity contribution in [1.29, 1.82) is 0 Å². The fourth-order valence-corrected chi connectivity index (χ4v) is 2.01. The quantitative estimate of drug-likeness (QED) is 0.602. The van der Waals surface area contributed by atoms with Crippen molar-refractivity contribution in [3.05, 3.63) is 0 Å². The van der Waals surface area contributed by atoms with Gasteiger partial charge in [0.15, 0.2) is 9.84 Å². The van der Waals surface area contributed by atoms with Crippen molar-refractivity contribution in [3.8, 4) is 0 Å². The van der Waals surface area contributed by atoms with Gasteiger partial charge in [-0.2, -0.15) is 0 Å². The molecule has 0 aliphatic carbocycles. The number of unbranched alkanes of at least 4 members (excludes halogenated alkanes) is 2. The molecule has 0 aromatic heterocycles. The Bertz CT molecular complexity index is 194. The van der Waals surface area contributed by atoms with Gasteiger partial charge in [0.25, 0.3) is 0 Å². The first-order chi connectivity index (χ1) is 5.62. The number of nitrogens with two attached hydrogens (primary N) is 1. The molecule has 0 bridgehead atoms. The highest BCUT2D eigenvalue weighted by Crippen LogP contribution is 1.99. The minimum absolute atomic E-state index is 0. The van der Waals surface area contributed by atoms with Crippen LogP contribution in [0.25, 0.3) is 0 Å². The topological polar surface area (TPSA) is 80.4 Å². The Balaban J connectivity index is 0. The molecule has 0 heterocycles. The first kappa shape index (κ1) is 15.6. The third-order valence-corrected chi connectivity index (χ3v) is 3.28. The maximum Gasteiger partial charge on any atom is 0.152 e. The first-order valence-electron chi connectivity index (χ1n) is 4.14. The number of hydrogen-bond donors (Lipinski definition) is 2. The van der Waals surface area contributed by atoms with Gasteiger partial charge in [0.2, 0.25) is 0 Å². The third-order valence-electron chi connectivity index (χ3n) is 1.56. The van der Waals surface area contributed by atoms with Gasteiger partial charge in [-0.1, -0.05) is 6.42 Å². The van der Waals surface area contributed by atoms with E-state index in [0.29, 0.717) is 13.0 Å². The van der Waals surface area contributed by atoms with Crippen molar-refractivity contribution >= 4 is 22.2 Å². The van der Waals surface area contributed by atoms with E-state index < -0.39 is 9.84 Å². The van der Waals surface area contributed by atoms with Crippen molar-refractivity contribution in [2.75, 3.05) is 24.7 Å². The zero-order valence-electron chi connectivity index (χ0n) is 7.61. The normalized spacial score (nSPS) is 10.9. The Morgan fingerprint density at radius 2 is 1.69 bits per heavy atom. The summed E-state index contributed by atoms with van der Waals surface area (Å²) in [6.07, 6.45) is 2.37. The molecule has 13 heavy (non-hydrogen) atoms. The highest BCUT2D eigenvalue weighted by Gasteiger charge is 2.08. The molecule has 3 N–H and O–H groups in total. The predicted molar refractivity (Wildman–Crippen MR) is 55.9 cm³/mol. The lowest BCUT2D eigenvalue weighted by Crippen LogP contribution is -2.14. The molecule has 6 heteroatoms. The summed E-state index contributed by atoms with van der Waals surface area (Å²) in [5.74, 6) is 0.0587. The molecular formula is C7H18ClNO3S. The maximum atomic E-state index is 11.0. The van der Waals surface area contributed by atoms with Gasteiger partial charge in [0.05, 0.1) is 18.1 Å². The molecule has 0 spiro atoms. The average Bonchev–Trinajstić information content (AvgIpc) is 1.98. The summed E-state index contributed by atoms with van der Waals surface area (Å²) in [5.41, 5.74) is 5.25. The second-order valence-electron chi connectivity index (χ2n) is 2.72. The molecule has 0 aliphatic heterocycles. The molecule has 0 radical (unpaired) electrons. The molecule has 0 aliphatic rings. The molecule has 0 unspecified atom stereocenters. The van der Waals surface area contributed by atoms with Crippen LogP contribution in [0.3, 0.4) is 0 Å². The van der Waals surface area contributed by atoms with E-state index in [1.807, 2.05) is 0 Å².